The summed E-state index contributed by atoms with van der Waals surface area (Å²) < 4.78 is 49.3. The average molecular weight is 389 g/mol. The maximum atomic E-state index is 13.0. The third-order valence-corrected chi connectivity index (χ3v) is 4.41. The van der Waals surface area contributed by atoms with Crippen LogP contribution in [0.25, 0.3) is 0 Å². The summed E-state index contributed by atoms with van der Waals surface area (Å²) in [7, 11) is 3.37. The van der Waals surface area contributed by atoms with Crippen LogP contribution in [0.15, 0.2) is 18.2 Å². The van der Waals surface area contributed by atoms with Crippen molar-refractivity contribution in [2.24, 2.45) is 0 Å². The van der Waals surface area contributed by atoms with Gasteiger partial charge in [0.05, 0.1) is 24.4 Å². The van der Waals surface area contributed by atoms with Crippen molar-refractivity contribution in [1.29, 1.82) is 0 Å². The van der Waals surface area contributed by atoms with Crippen molar-refractivity contribution in [2.45, 2.75) is 25.1 Å². The first-order chi connectivity index (χ1) is 12.8. The highest BCUT2D eigenvalue weighted by Gasteiger charge is 2.31. The number of nitrogens with one attached hydrogen (secondary N) is 2. The number of piperidine rings is 1. The fourth-order valence-electron chi connectivity index (χ4n) is 2.99. The molecule has 1 saturated heterocycles. The Morgan fingerprint density at radius 2 is 2.11 bits per heavy atom. The van der Waals surface area contributed by atoms with Crippen LogP contribution in [-0.4, -0.2) is 63.9 Å². The molecule has 1 atom stereocenters. The summed E-state index contributed by atoms with van der Waals surface area (Å²) in [5.41, 5.74) is -0.835. The maximum Gasteiger partial charge on any atom is 0.416 e. The minimum Gasteiger partial charge on any atom is -0.489 e. The summed E-state index contributed by atoms with van der Waals surface area (Å²) in [5.74, 6) is -0.192. The normalized spacial score (nSPS) is 18.3. The van der Waals surface area contributed by atoms with E-state index in [1.165, 1.54) is 13.2 Å². The van der Waals surface area contributed by atoms with E-state index in [-0.39, 0.29) is 37.1 Å². The number of likely N-dealkylation sites (tertiary alicyclic amines) is 1. The highest BCUT2D eigenvalue weighted by atomic mass is 19.4. The minimum absolute atomic E-state index is 0.00750. The molecule has 6 nitrogen and oxygen atoms in total. The van der Waals surface area contributed by atoms with Gasteiger partial charge in [-0.25, -0.2) is 0 Å². The molecule has 1 unspecified atom stereocenters. The third kappa shape index (κ3) is 6.67. The molecule has 0 spiro atoms. The zero-order valence-electron chi connectivity index (χ0n) is 15.6. The zero-order chi connectivity index (χ0) is 19.9. The molecule has 1 amide bonds. The van der Waals surface area contributed by atoms with Gasteiger partial charge < -0.3 is 20.1 Å². The number of rotatable bonds is 8. The average Bonchev–Trinajstić information content (AvgIpc) is 2.62. The van der Waals surface area contributed by atoms with Crippen LogP contribution in [0.3, 0.4) is 0 Å². The van der Waals surface area contributed by atoms with Gasteiger partial charge >= 0.3 is 6.18 Å². The number of methoxy groups -OCH3 is 1. The number of alkyl halides is 3. The number of carbonyl (C=O) groups is 1. The van der Waals surface area contributed by atoms with E-state index in [2.05, 4.69) is 10.6 Å². The minimum atomic E-state index is -4.50. The molecule has 0 aliphatic carbocycles. The first-order valence-electron chi connectivity index (χ1n) is 8.86. The van der Waals surface area contributed by atoms with E-state index in [0.29, 0.717) is 6.04 Å². The molecular formula is C18H26F3N3O3. The molecule has 1 aromatic carbocycles. The molecule has 1 aliphatic heterocycles. The van der Waals surface area contributed by atoms with Crippen molar-refractivity contribution in [3.8, 4) is 5.75 Å². The lowest BCUT2D eigenvalue weighted by Crippen LogP contribution is -2.46. The third-order valence-electron chi connectivity index (χ3n) is 4.41. The topological polar surface area (TPSA) is 62.8 Å². The van der Waals surface area contributed by atoms with Crippen molar-refractivity contribution < 1.29 is 27.4 Å². The van der Waals surface area contributed by atoms with Gasteiger partial charge in [0, 0.05) is 19.7 Å². The first-order valence-corrected chi connectivity index (χ1v) is 8.86. The largest absolute Gasteiger partial charge is 0.489 e. The van der Waals surface area contributed by atoms with Gasteiger partial charge in [0.15, 0.2) is 0 Å². The second-order valence-electron chi connectivity index (χ2n) is 6.46. The number of halogens is 3. The number of hydrogen-bond acceptors (Lipinski definition) is 5. The van der Waals surface area contributed by atoms with Crippen LogP contribution >= 0.6 is 0 Å². The predicted molar refractivity (Wildman–Crippen MR) is 96.0 cm³/mol. The second kappa shape index (κ2) is 9.91. The Balaban J connectivity index is 2.07. The van der Waals surface area contributed by atoms with Gasteiger partial charge in [0.2, 0.25) is 5.91 Å². The molecule has 2 N–H and O–H groups in total. The van der Waals surface area contributed by atoms with E-state index in [0.717, 1.165) is 38.1 Å². The lowest BCUT2D eigenvalue weighted by atomic mass is 10.1. The molecule has 0 saturated carbocycles. The molecule has 27 heavy (non-hydrogen) atoms. The van der Waals surface area contributed by atoms with Crippen LogP contribution in [0.5, 0.6) is 5.75 Å². The van der Waals surface area contributed by atoms with Crippen LogP contribution < -0.4 is 15.4 Å². The number of ether oxygens (including phenoxy) is 2. The van der Waals surface area contributed by atoms with Crippen LogP contribution in [0, 0.1) is 0 Å². The molecular weight excluding hydrogens is 363 g/mol. The summed E-state index contributed by atoms with van der Waals surface area (Å²) in [5, 5.41) is 5.75. The zero-order valence-corrected chi connectivity index (χ0v) is 15.6. The number of nitrogens with zero attached hydrogens (tertiary/aromatic N) is 1. The van der Waals surface area contributed by atoms with E-state index in [9.17, 15) is 18.0 Å². The molecule has 0 aromatic heterocycles. The lowest BCUT2D eigenvalue weighted by molar-refractivity contribution is -0.137. The van der Waals surface area contributed by atoms with Gasteiger partial charge in [-0.15, -0.1) is 0 Å². The number of amides is 1. The summed E-state index contributed by atoms with van der Waals surface area (Å²) >= 11 is 0. The van der Waals surface area contributed by atoms with Gasteiger partial charge in [-0.05, 0) is 44.6 Å². The predicted octanol–water partition coefficient (Wildman–Crippen LogP) is 2.35. The van der Waals surface area contributed by atoms with Crippen molar-refractivity contribution >= 4 is 11.6 Å². The van der Waals surface area contributed by atoms with Gasteiger partial charge in [0.1, 0.15) is 12.4 Å². The Morgan fingerprint density at radius 1 is 1.33 bits per heavy atom. The number of carbonyl (C=O) groups excluding carboxylic acids is 1. The Hall–Kier alpha value is -1.84. The van der Waals surface area contributed by atoms with E-state index in [4.69, 9.17) is 9.47 Å². The Morgan fingerprint density at radius 3 is 2.78 bits per heavy atom. The molecule has 2 rings (SSSR count). The highest BCUT2D eigenvalue weighted by molar-refractivity contribution is 5.93. The molecule has 1 heterocycles. The van der Waals surface area contributed by atoms with Crippen LogP contribution in [0.1, 0.15) is 18.4 Å². The van der Waals surface area contributed by atoms with E-state index in [1.54, 1.807) is 0 Å². The Kier molecular flexibility index (Phi) is 7.88. The summed E-state index contributed by atoms with van der Waals surface area (Å²) in [6.45, 7) is 2.08. The number of likely N-dealkylation sites (N-methyl/N-ethyl adjacent to an activating group) is 1. The fraction of sp³-hybridized carbons (Fsp3) is 0.611. The van der Waals surface area contributed by atoms with Gasteiger partial charge in [0.25, 0.3) is 0 Å². The van der Waals surface area contributed by atoms with Crippen molar-refractivity contribution in [3.63, 3.8) is 0 Å². The molecule has 0 radical (unpaired) electrons. The summed E-state index contributed by atoms with van der Waals surface area (Å²) in [6.07, 6.45) is -2.50. The summed E-state index contributed by atoms with van der Waals surface area (Å²) in [4.78, 5) is 14.4. The van der Waals surface area contributed by atoms with Crippen molar-refractivity contribution in [2.75, 3.05) is 52.3 Å². The molecule has 1 aromatic rings. The standard InChI is InChI=1S/C18H26F3N3O3/c1-22-14-4-3-7-24(11-14)12-17(25)23-15-10-13(18(19,20)21)5-6-16(15)27-9-8-26-2/h5-6,10,14,22H,3-4,7-9,11-12H2,1-2H3,(H,23,25). The van der Waals surface area contributed by atoms with Crippen LogP contribution in [0.4, 0.5) is 18.9 Å². The second-order valence-corrected chi connectivity index (χ2v) is 6.46. The molecule has 152 valence electrons. The monoisotopic (exact) mass is 389 g/mol. The number of anilines is 1. The molecule has 1 fully saturated rings. The Labute approximate surface area is 157 Å². The summed E-state index contributed by atoms with van der Waals surface area (Å²) in [6, 6.07) is 3.35. The van der Waals surface area contributed by atoms with Crippen molar-refractivity contribution in [3.05, 3.63) is 23.8 Å². The number of hydrogen-bond donors (Lipinski definition) is 2. The maximum absolute atomic E-state index is 13.0. The van der Waals surface area contributed by atoms with E-state index >= 15 is 0 Å². The van der Waals surface area contributed by atoms with Gasteiger partial charge in [-0.2, -0.15) is 13.2 Å². The molecule has 9 heteroatoms. The molecule has 0 bridgehead atoms. The van der Waals surface area contributed by atoms with Crippen molar-refractivity contribution in [1.82, 2.24) is 10.2 Å². The molecule has 1 aliphatic rings. The first kappa shape index (κ1) is 21.5. The highest BCUT2D eigenvalue weighted by Crippen LogP contribution is 2.35. The fourth-order valence-corrected chi connectivity index (χ4v) is 2.99. The smallest absolute Gasteiger partial charge is 0.416 e. The van der Waals surface area contributed by atoms with E-state index in [1.807, 2.05) is 11.9 Å². The lowest BCUT2D eigenvalue weighted by Gasteiger charge is -2.32. The van der Waals surface area contributed by atoms with E-state index < -0.39 is 11.7 Å². The quantitative estimate of drug-likeness (QED) is 0.669. The SMILES string of the molecule is CNC1CCCN(CC(=O)Nc2cc(C(F)(F)F)ccc2OCCOC)C1. The van der Waals surface area contributed by atoms with Crippen LogP contribution in [-0.2, 0) is 15.7 Å². The van der Waals surface area contributed by atoms with Crippen LogP contribution in [0.2, 0.25) is 0 Å². The Bertz CT molecular complexity index is 626. The van der Waals surface area contributed by atoms with Gasteiger partial charge in [-0.3, -0.25) is 9.69 Å². The number of benzene rings is 1. The van der Waals surface area contributed by atoms with Gasteiger partial charge in [-0.1, -0.05) is 0 Å².